The van der Waals surface area contributed by atoms with Gasteiger partial charge in [-0.1, -0.05) is 0 Å². The first-order valence-electron chi connectivity index (χ1n) is 6.11. The van der Waals surface area contributed by atoms with E-state index < -0.39 is 18.0 Å². The van der Waals surface area contributed by atoms with Crippen LogP contribution in [0.4, 0.5) is 0 Å². The number of aliphatic hydroxyl groups is 1. The minimum absolute atomic E-state index is 0.0441. The molecule has 2 amide bonds. The van der Waals surface area contributed by atoms with Crippen molar-refractivity contribution in [2.24, 2.45) is 0 Å². The third kappa shape index (κ3) is 6.22. The fourth-order valence-corrected chi connectivity index (χ4v) is 2.23. The number of morpholine rings is 1. The molecule has 9 heteroatoms. The molecular weight excluding hydrogens is 288 g/mol. The maximum absolute atomic E-state index is 11.7. The smallest absolute Gasteiger partial charge is 0.334 e. The van der Waals surface area contributed by atoms with E-state index in [4.69, 9.17) is 14.9 Å². The zero-order chi connectivity index (χ0) is 15.0. The van der Waals surface area contributed by atoms with Crippen LogP contribution >= 0.6 is 11.8 Å². The fourth-order valence-electron chi connectivity index (χ4n) is 1.48. The number of carbonyl (C=O) groups is 3. The molecule has 1 aliphatic heterocycles. The number of nitrogens with zero attached hydrogens (tertiary/aromatic N) is 1. The lowest BCUT2D eigenvalue weighted by Crippen LogP contribution is -2.42. The molecule has 1 aliphatic rings. The van der Waals surface area contributed by atoms with E-state index in [0.29, 0.717) is 26.3 Å². The Labute approximate surface area is 120 Å². The van der Waals surface area contributed by atoms with Gasteiger partial charge in [0.1, 0.15) is 0 Å². The molecule has 8 nitrogen and oxygen atoms in total. The maximum Gasteiger partial charge on any atom is 0.334 e. The molecule has 114 valence electrons. The number of rotatable bonds is 7. The molecule has 1 heterocycles. The van der Waals surface area contributed by atoms with Crippen molar-refractivity contribution < 1.29 is 29.3 Å². The molecule has 0 spiro atoms. The minimum atomic E-state index is -1.61. The van der Waals surface area contributed by atoms with E-state index in [0.717, 1.165) is 11.8 Å². The van der Waals surface area contributed by atoms with Gasteiger partial charge >= 0.3 is 5.97 Å². The number of ether oxygens (including phenoxy) is 1. The largest absolute Gasteiger partial charge is 0.479 e. The summed E-state index contributed by atoms with van der Waals surface area (Å²) in [6.07, 6.45) is -1.61. The van der Waals surface area contributed by atoms with Crippen LogP contribution in [0.2, 0.25) is 0 Å². The van der Waals surface area contributed by atoms with E-state index in [2.05, 4.69) is 5.32 Å². The number of carboxylic acids is 1. The highest BCUT2D eigenvalue weighted by Gasteiger charge is 2.17. The summed E-state index contributed by atoms with van der Waals surface area (Å²) in [7, 11) is 0. The normalized spacial score (nSPS) is 16.6. The Bertz CT molecular complexity index is 359. The quantitative estimate of drug-likeness (QED) is 0.505. The third-order valence-corrected chi connectivity index (χ3v) is 3.52. The highest BCUT2D eigenvalue weighted by molar-refractivity contribution is 8.00. The lowest BCUT2D eigenvalue weighted by molar-refractivity contribution is -0.146. The van der Waals surface area contributed by atoms with E-state index in [9.17, 15) is 14.4 Å². The van der Waals surface area contributed by atoms with Crippen LogP contribution in [-0.2, 0) is 19.1 Å². The van der Waals surface area contributed by atoms with E-state index in [1.807, 2.05) is 0 Å². The molecule has 0 saturated carbocycles. The summed E-state index contributed by atoms with van der Waals surface area (Å²) in [5.74, 6) is -1.61. The van der Waals surface area contributed by atoms with Gasteiger partial charge in [-0.05, 0) is 0 Å². The molecule has 20 heavy (non-hydrogen) atoms. The molecule has 0 unspecified atom stereocenters. The van der Waals surface area contributed by atoms with E-state index >= 15 is 0 Å². The molecule has 0 aromatic heterocycles. The Balaban J connectivity index is 2.12. The number of amides is 2. The summed E-state index contributed by atoms with van der Waals surface area (Å²) >= 11 is 1.15. The van der Waals surface area contributed by atoms with Crippen LogP contribution in [0.5, 0.6) is 0 Å². The summed E-state index contributed by atoms with van der Waals surface area (Å²) in [5.41, 5.74) is 0. The predicted molar refractivity (Wildman–Crippen MR) is 71.4 cm³/mol. The molecule has 0 radical (unpaired) electrons. The number of thioether (sulfide) groups is 1. The Morgan fingerprint density at radius 2 is 1.90 bits per heavy atom. The molecule has 0 bridgehead atoms. The van der Waals surface area contributed by atoms with Crippen molar-refractivity contribution in [1.82, 2.24) is 10.2 Å². The predicted octanol–water partition coefficient (Wildman–Crippen LogP) is -1.86. The lowest BCUT2D eigenvalue weighted by atomic mass is 10.3. The standard InChI is InChI=1S/C11H18N2O6S/c14-8(11(17)18)5-12-9(15)6-20-7-10(16)13-1-3-19-4-2-13/h8,14H,1-7H2,(H,12,15)(H,17,18)/t8-/m0/s1. The van der Waals surface area contributed by atoms with Gasteiger partial charge in [-0.25, -0.2) is 4.79 Å². The maximum atomic E-state index is 11.7. The number of carboxylic acid groups (broad SMARTS) is 1. The van der Waals surface area contributed by atoms with Gasteiger partial charge in [0, 0.05) is 13.1 Å². The van der Waals surface area contributed by atoms with Crippen molar-refractivity contribution in [2.75, 3.05) is 44.4 Å². The summed E-state index contributed by atoms with van der Waals surface area (Å²) in [5, 5.41) is 19.7. The van der Waals surface area contributed by atoms with Crippen molar-refractivity contribution in [3.63, 3.8) is 0 Å². The summed E-state index contributed by atoms with van der Waals surface area (Å²) in [6.45, 7) is 1.85. The van der Waals surface area contributed by atoms with E-state index in [1.54, 1.807) is 4.90 Å². The van der Waals surface area contributed by atoms with Gasteiger partial charge in [-0.2, -0.15) is 0 Å². The number of aliphatic hydroxyl groups excluding tert-OH is 1. The first-order valence-corrected chi connectivity index (χ1v) is 7.27. The van der Waals surface area contributed by atoms with E-state index in [1.165, 1.54) is 0 Å². The van der Waals surface area contributed by atoms with Crippen LogP contribution in [0.1, 0.15) is 0 Å². The summed E-state index contributed by atoms with van der Waals surface area (Å²) in [4.78, 5) is 35.1. The van der Waals surface area contributed by atoms with E-state index in [-0.39, 0.29) is 24.0 Å². The number of hydrogen-bond acceptors (Lipinski definition) is 6. The first kappa shape index (κ1) is 16.7. The number of carbonyl (C=O) groups excluding carboxylic acids is 2. The molecule has 0 aromatic rings. The summed E-state index contributed by atoms with van der Waals surface area (Å²) in [6, 6.07) is 0. The third-order valence-electron chi connectivity index (χ3n) is 2.60. The SMILES string of the molecule is O=C(CSCC(=O)N1CCOCC1)NC[C@H](O)C(=O)O. The van der Waals surface area contributed by atoms with Gasteiger partial charge in [-0.3, -0.25) is 9.59 Å². The molecule has 0 aromatic carbocycles. The monoisotopic (exact) mass is 306 g/mol. The molecule has 3 N–H and O–H groups in total. The van der Waals surface area contributed by atoms with Crippen LogP contribution in [0, 0.1) is 0 Å². The van der Waals surface area contributed by atoms with Gasteiger partial charge < -0.3 is 25.2 Å². The Kier molecular flexibility index (Phi) is 7.34. The second-order valence-electron chi connectivity index (χ2n) is 4.14. The molecule has 1 rings (SSSR count). The first-order chi connectivity index (χ1) is 9.50. The van der Waals surface area contributed by atoms with Crippen molar-refractivity contribution >= 4 is 29.5 Å². The highest BCUT2D eigenvalue weighted by atomic mass is 32.2. The lowest BCUT2D eigenvalue weighted by Gasteiger charge is -2.26. The van der Waals surface area contributed by atoms with Gasteiger partial charge in [0.15, 0.2) is 6.10 Å². The molecule has 1 saturated heterocycles. The van der Waals surface area contributed by atoms with Crippen LogP contribution < -0.4 is 5.32 Å². The van der Waals surface area contributed by atoms with Crippen molar-refractivity contribution in [1.29, 1.82) is 0 Å². The minimum Gasteiger partial charge on any atom is -0.479 e. The van der Waals surface area contributed by atoms with Gasteiger partial charge in [-0.15, -0.1) is 11.8 Å². The van der Waals surface area contributed by atoms with Gasteiger partial charge in [0.25, 0.3) is 0 Å². The second kappa shape index (κ2) is 8.77. The Morgan fingerprint density at radius 1 is 1.25 bits per heavy atom. The highest BCUT2D eigenvalue weighted by Crippen LogP contribution is 2.04. The zero-order valence-corrected chi connectivity index (χ0v) is 11.7. The van der Waals surface area contributed by atoms with Crippen LogP contribution in [0.15, 0.2) is 0 Å². The Hall–Kier alpha value is -1.32. The molecule has 0 aliphatic carbocycles. The van der Waals surface area contributed by atoms with Gasteiger partial charge in [0.2, 0.25) is 11.8 Å². The van der Waals surface area contributed by atoms with Crippen molar-refractivity contribution in [3.05, 3.63) is 0 Å². The molecule has 1 fully saturated rings. The van der Waals surface area contributed by atoms with Crippen molar-refractivity contribution in [2.45, 2.75) is 6.10 Å². The molecular formula is C11H18N2O6S. The number of hydrogen-bond donors (Lipinski definition) is 3. The number of aliphatic carboxylic acids is 1. The zero-order valence-electron chi connectivity index (χ0n) is 10.9. The van der Waals surface area contributed by atoms with Crippen LogP contribution in [0.25, 0.3) is 0 Å². The summed E-state index contributed by atoms with van der Waals surface area (Å²) < 4.78 is 5.13. The average molecular weight is 306 g/mol. The second-order valence-corrected chi connectivity index (χ2v) is 5.13. The number of nitrogens with one attached hydrogen (secondary N) is 1. The van der Waals surface area contributed by atoms with Gasteiger partial charge in [0.05, 0.1) is 31.3 Å². The van der Waals surface area contributed by atoms with Crippen molar-refractivity contribution in [3.8, 4) is 0 Å². The molecule has 1 atom stereocenters. The topological polar surface area (TPSA) is 116 Å². The van der Waals surface area contributed by atoms with Crippen LogP contribution in [0.3, 0.4) is 0 Å². The Morgan fingerprint density at radius 3 is 2.50 bits per heavy atom. The fraction of sp³-hybridized carbons (Fsp3) is 0.727. The van der Waals surface area contributed by atoms with Crippen LogP contribution in [-0.4, -0.2) is 83.4 Å². The average Bonchev–Trinajstić information content (AvgIpc) is 2.45.